The molecule has 0 aliphatic rings. The summed E-state index contributed by atoms with van der Waals surface area (Å²) in [5.41, 5.74) is -0.0914. The number of aliphatic carboxylic acids is 1. The molecule has 0 aliphatic carbocycles. The lowest BCUT2D eigenvalue weighted by Crippen LogP contribution is -2.45. The highest BCUT2D eigenvalue weighted by molar-refractivity contribution is 6.11. The van der Waals surface area contributed by atoms with Crippen LogP contribution in [0.15, 0.2) is 60.7 Å². The van der Waals surface area contributed by atoms with Gasteiger partial charge >= 0.3 is 11.9 Å². The summed E-state index contributed by atoms with van der Waals surface area (Å²) in [5, 5.41) is 9.62. The fraction of sp³-hybridized carbons (Fsp3) is 0.286. The van der Waals surface area contributed by atoms with Crippen LogP contribution >= 0.6 is 0 Å². The molecule has 136 valence electrons. The quantitative estimate of drug-likeness (QED) is 0.582. The monoisotopic (exact) mass is 354 g/mol. The van der Waals surface area contributed by atoms with Crippen LogP contribution in [-0.2, 0) is 32.0 Å². The van der Waals surface area contributed by atoms with Crippen molar-refractivity contribution in [3.05, 3.63) is 71.8 Å². The van der Waals surface area contributed by atoms with Gasteiger partial charge in [0, 0.05) is 0 Å². The van der Waals surface area contributed by atoms with Crippen molar-refractivity contribution >= 4 is 17.7 Å². The zero-order valence-electron chi connectivity index (χ0n) is 14.8. The third-order valence-corrected chi connectivity index (χ3v) is 4.48. The molecule has 5 nitrogen and oxygen atoms in total. The van der Waals surface area contributed by atoms with Gasteiger partial charge in [-0.15, -0.1) is 0 Å². The summed E-state index contributed by atoms with van der Waals surface area (Å²) in [7, 11) is 1.20. The number of carbonyl (C=O) groups is 3. The zero-order chi connectivity index (χ0) is 19.2. The molecule has 0 amide bonds. The zero-order valence-corrected chi connectivity index (χ0v) is 14.8. The molecule has 0 fully saturated rings. The summed E-state index contributed by atoms with van der Waals surface area (Å²) >= 11 is 0. The molecule has 0 saturated heterocycles. The number of ether oxygens (including phenoxy) is 1. The molecule has 0 saturated carbocycles. The van der Waals surface area contributed by atoms with Crippen LogP contribution in [0, 0.1) is 11.3 Å². The van der Waals surface area contributed by atoms with E-state index in [0.717, 1.165) is 11.1 Å². The number of hydrogen-bond acceptors (Lipinski definition) is 4. The minimum absolute atomic E-state index is 0.0242. The molecule has 0 heterocycles. The number of esters is 1. The number of benzene rings is 2. The number of carboxylic acids is 1. The molecular weight excluding hydrogens is 332 g/mol. The minimum Gasteiger partial charge on any atom is -0.481 e. The second kappa shape index (κ2) is 8.43. The molecule has 2 atom stereocenters. The van der Waals surface area contributed by atoms with Gasteiger partial charge in [0.1, 0.15) is 11.3 Å². The number of carboxylic acid groups (broad SMARTS) is 1. The number of Topliss-reactive ketones (excluding diaryl/α,β-unsaturated/α-hetero) is 1. The van der Waals surface area contributed by atoms with Crippen LogP contribution in [0.4, 0.5) is 0 Å². The molecule has 0 spiro atoms. The summed E-state index contributed by atoms with van der Waals surface area (Å²) in [6, 6.07) is 17.9. The molecule has 1 N–H and O–H groups in total. The summed E-state index contributed by atoms with van der Waals surface area (Å²) in [6.45, 7) is 1.45. The van der Waals surface area contributed by atoms with E-state index in [0.29, 0.717) is 0 Å². The molecule has 0 bridgehead atoms. The van der Waals surface area contributed by atoms with E-state index in [1.165, 1.54) is 14.0 Å². The summed E-state index contributed by atoms with van der Waals surface area (Å²) in [5.74, 6) is -3.96. The van der Waals surface area contributed by atoms with Crippen LogP contribution in [-0.4, -0.2) is 29.9 Å². The highest BCUT2D eigenvalue weighted by Crippen LogP contribution is 2.30. The number of carbonyl (C=O) groups excluding carboxylic acids is 2. The Bertz CT molecular complexity index is 770. The van der Waals surface area contributed by atoms with E-state index in [2.05, 4.69) is 0 Å². The van der Waals surface area contributed by atoms with Gasteiger partial charge in [-0.2, -0.15) is 0 Å². The van der Waals surface area contributed by atoms with E-state index in [1.807, 2.05) is 12.1 Å². The Hall–Kier alpha value is -2.95. The number of hydrogen-bond donors (Lipinski definition) is 1. The van der Waals surface area contributed by atoms with Crippen molar-refractivity contribution in [1.29, 1.82) is 0 Å². The smallest absolute Gasteiger partial charge is 0.319 e. The molecule has 5 heteroatoms. The van der Waals surface area contributed by atoms with E-state index in [9.17, 15) is 19.5 Å². The van der Waals surface area contributed by atoms with Gasteiger partial charge in [-0.05, 0) is 30.9 Å². The maximum absolute atomic E-state index is 13.1. The van der Waals surface area contributed by atoms with Crippen molar-refractivity contribution in [2.24, 2.45) is 11.3 Å². The molecule has 2 aromatic carbocycles. The molecule has 0 aromatic heterocycles. The van der Waals surface area contributed by atoms with Gasteiger partial charge in [0.15, 0.2) is 5.78 Å². The second-order valence-corrected chi connectivity index (χ2v) is 6.43. The first-order valence-electron chi connectivity index (χ1n) is 8.32. The normalized spacial score (nSPS) is 14.1. The lowest BCUT2D eigenvalue weighted by atomic mass is 9.73. The van der Waals surface area contributed by atoms with Gasteiger partial charge in [0.2, 0.25) is 0 Å². The molecule has 0 radical (unpaired) electrons. The van der Waals surface area contributed by atoms with E-state index in [1.54, 1.807) is 48.5 Å². The molecule has 2 rings (SSSR count). The molecule has 0 aliphatic heterocycles. The first kappa shape index (κ1) is 19.4. The summed E-state index contributed by atoms with van der Waals surface area (Å²) < 4.78 is 4.84. The Kier molecular flexibility index (Phi) is 6.28. The Morgan fingerprint density at radius 1 is 0.962 bits per heavy atom. The van der Waals surface area contributed by atoms with Crippen LogP contribution in [0.5, 0.6) is 0 Å². The lowest BCUT2D eigenvalue weighted by Gasteiger charge is -2.28. The Labute approximate surface area is 152 Å². The van der Waals surface area contributed by atoms with Crippen LogP contribution in [0.3, 0.4) is 0 Å². The number of rotatable bonds is 8. The maximum atomic E-state index is 13.1. The van der Waals surface area contributed by atoms with Gasteiger partial charge in [0.25, 0.3) is 0 Å². The first-order chi connectivity index (χ1) is 12.4. The van der Waals surface area contributed by atoms with E-state index in [4.69, 9.17) is 4.74 Å². The highest BCUT2D eigenvalue weighted by Gasteiger charge is 2.47. The fourth-order valence-corrected chi connectivity index (χ4v) is 3.02. The van der Waals surface area contributed by atoms with Crippen molar-refractivity contribution in [2.45, 2.75) is 19.8 Å². The Morgan fingerprint density at radius 3 is 1.92 bits per heavy atom. The van der Waals surface area contributed by atoms with Gasteiger partial charge in [-0.25, -0.2) is 0 Å². The highest BCUT2D eigenvalue weighted by atomic mass is 16.5. The van der Waals surface area contributed by atoms with Crippen molar-refractivity contribution in [3.8, 4) is 0 Å². The fourth-order valence-electron chi connectivity index (χ4n) is 3.02. The first-order valence-corrected chi connectivity index (χ1v) is 8.32. The van der Waals surface area contributed by atoms with Gasteiger partial charge in [0.05, 0.1) is 7.11 Å². The maximum Gasteiger partial charge on any atom is 0.319 e. The van der Waals surface area contributed by atoms with Gasteiger partial charge < -0.3 is 9.84 Å². The van der Waals surface area contributed by atoms with Crippen molar-refractivity contribution < 1.29 is 24.2 Å². The summed E-state index contributed by atoms with van der Waals surface area (Å²) in [6.07, 6.45) is 0.105. The number of ketones is 1. The predicted molar refractivity (Wildman–Crippen MR) is 96.5 cm³/mol. The minimum atomic E-state index is -1.58. The number of methoxy groups -OCH3 is 1. The topological polar surface area (TPSA) is 80.7 Å². The third kappa shape index (κ3) is 4.36. The SMILES string of the molecule is COC(=O)C(C)(Cc1ccccc1)C(=O)C(Cc1ccccc1)C(=O)O. The summed E-state index contributed by atoms with van der Waals surface area (Å²) in [4.78, 5) is 37.3. The van der Waals surface area contributed by atoms with Crippen molar-refractivity contribution in [2.75, 3.05) is 7.11 Å². The third-order valence-electron chi connectivity index (χ3n) is 4.48. The largest absolute Gasteiger partial charge is 0.481 e. The molecule has 26 heavy (non-hydrogen) atoms. The van der Waals surface area contributed by atoms with Crippen molar-refractivity contribution in [1.82, 2.24) is 0 Å². The standard InChI is InChI=1S/C21H22O5/c1-21(20(25)26-2,14-16-11-7-4-8-12-16)18(22)17(19(23)24)13-15-9-5-3-6-10-15/h3-12,17H,13-14H2,1-2H3,(H,23,24). The van der Waals surface area contributed by atoms with Gasteiger partial charge in [-0.3, -0.25) is 14.4 Å². The van der Waals surface area contributed by atoms with Crippen LogP contribution in [0.1, 0.15) is 18.1 Å². The Balaban J connectivity index is 2.36. The second-order valence-electron chi connectivity index (χ2n) is 6.43. The average Bonchev–Trinajstić information content (AvgIpc) is 2.66. The van der Waals surface area contributed by atoms with Gasteiger partial charge in [-0.1, -0.05) is 60.7 Å². The molecule has 2 aromatic rings. The Morgan fingerprint density at radius 2 is 1.46 bits per heavy atom. The van der Waals surface area contributed by atoms with E-state index < -0.39 is 29.1 Å². The molecule has 2 unspecified atom stereocenters. The van der Waals surface area contributed by atoms with E-state index >= 15 is 0 Å². The lowest BCUT2D eigenvalue weighted by molar-refractivity contribution is -0.160. The van der Waals surface area contributed by atoms with Crippen LogP contribution in [0.25, 0.3) is 0 Å². The van der Waals surface area contributed by atoms with E-state index in [-0.39, 0.29) is 12.8 Å². The van der Waals surface area contributed by atoms with Crippen LogP contribution in [0.2, 0.25) is 0 Å². The van der Waals surface area contributed by atoms with Crippen molar-refractivity contribution in [3.63, 3.8) is 0 Å². The predicted octanol–water partition coefficient (Wildman–Crippen LogP) is 2.92. The average molecular weight is 354 g/mol. The van der Waals surface area contributed by atoms with Crippen LogP contribution < -0.4 is 0 Å². The molecular formula is C21H22O5.